The number of hydrogen-bond acceptors (Lipinski definition) is 3. The predicted molar refractivity (Wildman–Crippen MR) is 112 cm³/mol. The topological polar surface area (TPSA) is 73.1 Å². The molecule has 1 heterocycles. The van der Waals surface area contributed by atoms with Crippen LogP contribution >= 0.6 is 11.6 Å². The van der Waals surface area contributed by atoms with Gasteiger partial charge in [0.1, 0.15) is 6.54 Å². The van der Waals surface area contributed by atoms with Gasteiger partial charge in [-0.05, 0) is 61.7 Å². The average molecular weight is 400 g/mol. The number of aromatic nitrogens is 2. The second-order valence-electron chi connectivity index (χ2n) is 6.79. The van der Waals surface area contributed by atoms with Gasteiger partial charge in [-0.25, -0.2) is 9.36 Å². The van der Waals surface area contributed by atoms with Crippen molar-refractivity contribution in [1.82, 2.24) is 14.5 Å². The summed E-state index contributed by atoms with van der Waals surface area (Å²) in [5, 5.41) is 3.47. The van der Waals surface area contributed by atoms with Gasteiger partial charge in [-0.15, -0.1) is 0 Å². The lowest BCUT2D eigenvalue weighted by Gasteiger charge is -2.15. The van der Waals surface area contributed by atoms with Crippen molar-refractivity contribution in [2.45, 2.75) is 33.7 Å². The zero-order chi connectivity index (χ0) is 20.4. The molecular formula is C21H22ClN3O3. The van der Waals surface area contributed by atoms with Gasteiger partial charge in [0.2, 0.25) is 5.91 Å². The van der Waals surface area contributed by atoms with Crippen molar-refractivity contribution >= 4 is 28.4 Å². The molecule has 1 amide bonds. The number of fused-ring (bicyclic) bond motifs is 1. The number of nitrogens with one attached hydrogen (secondary N) is 1. The van der Waals surface area contributed by atoms with E-state index in [9.17, 15) is 14.4 Å². The first-order chi connectivity index (χ1) is 13.3. The third kappa shape index (κ3) is 3.73. The highest BCUT2D eigenvalue weighted by molar-refractivity contribution is 6.31. The minimum absolute atomic E-state index is 0.194. The molecule has 0 atom stereocenters. The fourth-order valence-electron chi connectivity index (χ4n) is 3.05. The number of rotatable bonds is 5. The molecule has 0 spiro atoms. The van der Waals surface area contributed by atoms with Crippen molar-refractivity contribution in [3.05, 3.63) is 73.4 Å². The lowest BCUT2D eigenvalue weighted by Crippen LogP contribution is -2.42. The van der Waals surface area contributed by atoms with E-state index in [4.69, 9.17) is 11.6 Å². The van der Waals surface area contributed by atoms with Crippen molar-refractivity contribution in [1.29, 1.82) is 0 Å². The van der Waals surface area contributed by atoms with Gasteiger partial charge in [0, 0.05) is 11.6 Å². The zero-order valence-corrected chi connectivity index (χ0v) is 16.8. The Hall–Kier alpha value is -2.86. The minimum atomic E-state index is -0.574. The quantitative estimate of drug-likeness (QED) is 0.716. The summed E-state index contributed by atoms with van der Waals surface area (Å²) in [6.45, 7) is 6.15. The summed E-state index contributed by atoms with van der Waals surface area (Å²) in [5.41, 5.74) is 1.82. The standard InChI is InChI=1S/C21H22ClN3O3/c1-4-9-23-19(26)12-24-18-11-15(22)6-8-17(18)20(27)25(21(24)28)16-7-5-13(2)14(3)10-16/h5-8,10-11H,4,9,12H2,1-3H3,(H,23,26). The Labute approximate surface area is 167 Å². The molecule has 0 aliphatic heterocycles. The van der Waals surface area contributed by atoms with Crippen LogP contribution in [0.2, 0.25) is 5.02 Å². The Morgan fingerprint density at radius 3 is 2.50 bits per heavy atom. The smallest absolute Gasteiger partial charge is 0.336 e. The first-order valence-corrected chi connectivity index (χ1v) is 9.50. The molecule has 0 aliphatic carbocycles. The molecule has 0 bridgehead atoms. The summed E-state index contributed by atoms with van der Waals surface area (Å²) in [5.74, 6) is -0.296. The zero-order valence-electron chi connectivity index (χ0n) is 16.1. The predicted octanol–water partition coefficient (Wildman–Crippen LogP) is 2.95. The number of hydrogen-bond donors (Lipinski definition) is 1. The van der Waals surface area contributed by atoms with Gasteiger partial charge in [0.05, 0.1) is 16.6 Å². The molecule has 3 aromatic rings. The Morgan fingerprint density at radius 1 is 1.07 bits per heavy atom. The second-order valence-corrected chi connectivity index (χ2v) is 7.23. The van der Waals surface area contributed by atoms with Crippen molar-refractivity contribution in [3.8, 4) is 5.69 Å². The van der Waals surface area contributed by atoms with E-state index in [1.807, 2.05) is 26.8 Å². The molecule has 1 N–H and O–H groups in total. The maximum Gasteiger partial charge on any atom is 0.336 e. The maximum absolute atomic E-state index is 13.2. The molecule has 3 rings (SSSR count). The third-order valence-corrected chi connectivity index (χ3v) is 4.96. The molecule has 28 heavy (non-hydrogen) atoms. The maximum atomic E-state index is 13.2. The summed E-state index contributed by atoms with van der Waals surface area (Å²) in [7, 11) is 0. The molecule has 7 heteroatoms. The Bertz CT molecular complexity index is 1180. The number of nitrogens with zero attached hydrogens (tertiary/aromatic N) is 2. The highest BCUT2D eigenvalue weighted by Gasteiger charge is 2.17. The van der Waals surface area contributed by atoms with Crippen LogP contribution < -0.4 is 16.6 Å². The van der Waals surface area contributed by atoms with Gasteiger partial charge in [-0.2, -0.15) is 0 Å². The first-order valence-electron chi connectivity index (χ1n) is 9.13. The van der Waals surface area contributed by atoms with E-state index in [0.717, 1.165) is 22.1 Å². The van der Waals surface area contributed by atoms with Gasteiger partial charge in [0.15, 0.2) is 0 Å². The lowest BCUT2D eigenvalue weighted by atomic mass is 10.1. The van der Waals surface area contributed by atoms with E-state index in [1.165, 1.54) is 10.6 Å². The molecule has 0 unspecified atom stereocenters. The number of aryl methyl sites for hydroxylation is 2. The molecular weight excluding hydrogens is 378 g/mol. The summed E-state index contributed by atoms with van der Waals surface area (Å²) >= 11 is 6.09. The Balaban J connectivity index is 2.29. The third-order valence-electron chi connectivity index (χ3n) is 4.73. The van der Waals surface area contributed by atoms with Crippen LogP contribution in [-0.4, -0.2) is 21.6 Å². The van der Waals surface area contributed by atoms with Gasteiger partial charge in [-0.3, -0.25) is 14.2 Å². The summed E-state index contributed by atoms with van der Waals surface area (Å²) < 4.78 is 2.40. The molecule has 0 aliphatic rings. The number of carbonyl (C=O) groups excluding carboxylic acids is 1. The highest BCUT2D eigenvalue weighted by atomic mass is 35.5. The monoisotopic (exact) mass is 399 g/mol. The first kappa shape index (κ1) is 19.9. The highest BCUT2D eigenvalue weighted by Crippen LogP contribution is 2.17. The fraction of sp³-hybridized carbons (Fsp3) is 0.286. The van der Waals surface area contributed by atoms with E-state index in [0.29, 0.717) is 28.2 Å². The van der Waals surface area contributed by atoms with Gasteiger partial charge in [-0.1, -0.05) is 24.6 Å². The average Bonchev–Trinajstić information content (AvgIpc) is 2.66. The van der Waals surface area contributed by atoms with Crippen LogP contribution in [0.4, 0.5) is 0 Å². The van der Waals surface area contributed by atoms with Crippen LogP contribution in [0.15, 0.2) is 46.0 Å². The van der Waals surface area contributed by atoms with Gasteiger partial charge >= 0.3 is 5.69 Å². The van der Waals surface area contributed by atoms with E-state index in [-0.39, 0.29) is 12.5 Å². The van der Waals surface area contributed by atoms with E-state index < -0.39 is 11.2 Å². The van der Waals surface area contributed by atoms with E-state index >= 15 is 0 Å². The number of carbonyl (C=O) groups is 1. The molecule has 0 fully saturated rings. The SMILES string of the molecule is CCCNC(=O)Cn1c(=O)n(-c2ccc(C)c(C)c2)c(=O)c2ccc(Cl)cc21. The van der Waals surface area contributed by atoms with Crippen LogP contribution in [0.5, 0.6) is 0 Å². The number of amides is 1. The second kappa shape index (κ2) is 8.02. The molecule has 6 nitrogen and oxygen atoms in total. The molecule has 2 aromatic carbocycles. The van der Waals surface area contributed by atoms with Gasteiger partial charge < -0.3 is 5.32 Å². The molecule has 0 saturated heterocycles. The Kier molecular flexibility index (Phi) is 5.70. The van der Waals surface area contributed by atoms with Crippen LogP contribution in [0.25, 0.3) is 16.6 Å². The number of benzene rings is 2. The van der Waals surface area contributed by atoms with Crippen molar-refractivity contribution in [2.24, 2.45) is 0 Å². The molecule has 0 radical (unpaired) electrons. The minimum Gasteiger partial charge on any atom is -0.355 e. The summed E-state index contributed by atoms with van der Waals surface area (Å²) in [6.07, 6.45) is 0.787. The number of halogens is 1. The largest absolute Gasteiger partial charge is 0.355 e. The van der Waals surface area contributed by atoms with Crippen LogP contribution in [0.1, 0.15) is 24.5 Å². The van der Waals surface area contributed by atoms with Crippen LogP contribution in [0, 0.1) is 13.8 Å². The lowest BCUT2D eigenvalue weighted by molar-refractivity contribution is -0.121. The van der Waals surface area contributed by atoms with E-state index in [1.54, 1.807) is 24.3 Å². The molecule has 1 aromatic heterocycles. The summed E-state index contributed by atoms with van der Waals surface area (Å²) in [6, 6.07) is 10.1. The van der Waals surface area contributed by atoms with Crippen molar-refractivity contribution in [3.63, 3.8) is 0 Å². The van der Waals surface area contributed by atoms with E-state index in [2.05, 4.69) is 5.32 Å². The van der Waals surface area contributed by atoms with Crippen molar-refractivity contribution < 1.29 is 4.79 Å². The van der Waals surface area contributed by atoms with Crippen LogP contribution in [0.3, 0.4) is 0 Å². The van der Waals surface area contributed by atoms with Crippen LogP contribution in [-0.2, 0) is 11.3 Å². The molecule has 0 saturated carbocycles. The normalized spacial score (nSPS) is 11.0. The molecule has 146 valence electrons. The van der Waals surface area contributed by atoms with Crippen molar-refractivity contribution in [2.75, 3.05) is 6.54 Å². The van der Waals surface area contributed by atoms with Gasteiger partial charge in [0.25, 0.3) is 5.56 Å². The fourth-order valence-corrected chi connectivity index (χ4v) is 3.22. The summed E-state index contributed by atoms with van der Waals surface area (Å²) in [4.78, 5) is 38.6. The Morgan fingerprint density at radius 2 is 1.82 bits per heavy atom.